The molecule has 1 heterocycles. The van der Waals surface area contributed by atoms with E-state index in [9.17, 15) is 9.59 Å². The lowest BCUT2D eigenvalue weighted by atomic mass is 10.1. The van der Waals surface area contributed by atoms with Crippen LogP contribution in [0.25, 0.3) is 0 Å². The zero-order chi connectivity index (χ0) is 19.4. The summed E-state index contributed by atoms with van der Waals surface area (Å²) in [7, 11) is 1.42. The maximum Gasteiger partial charge on any atom is 0.255 e. The Bertz CT molecular complexity index is 885. The lowest BCUT2D eigenvalue weighted by Crippen LogP contribution is -2.23. The molecule has 2 aromatic carbocycles. The largest absolute Gasteiger partial charge is 0.493 e. The summed E-state index contributed by atoms with van der Waals surface area (Å²) in [6.45, 7) is 1.78. The van der Waals surface area contributed by atoms with E-state index in [0.717, 1.165) is 18.7 Å². The van der Waals surface area contributed by atoms with Crippen molar-refractivity contribution in [2.75, 3.05) is 13.7 Å². The molecule has 0 saturated carbocycles. The first-order chi connectivity index (χ1) is 13.0. The maximum atomic E-state index is 12.5. The second-order valence-corrected chi connectivity index (χ2v) is 6.54. The van der Waals surface area contributed by atoms with Gasteiger partial charge in [0, 0.05) is 25.2 Å². The topological polar surface area (TPSA) is 103 Å². The fraction of sp³-hybridized carbons (Fsp3) is 0.263. The minimum absolute atomic E-state index is 0.157. The van der Waals surface area contributed by atoms with Crippen molar-refractivity contribution < 1.29 is 19.1 Å². The molecule has 27 heavy (non-hydrogen) atoms. The summed E-state index contributed by atoms with van der Waals surface area (Å²) in [5.41, 5.74) is 8.95. The van der Waals surface area contributed by atoms with Crippen molar-refractivity contribution in [3.8, 4) is 11.5 Å². The highest BCUT2D eigenvalue weighted by Gasteiger charge is 2.17. The minimum Gasteiger partial charge on any atom is -0.493 e. The molecule has 142 valence electrons. The van der Waals surface area contributed by atoms with Crippen LogP contribution in [0.3, 0.4) is 0 Å². The fourth-order valence-corrected chi connectivity index (χ4v) is 3.14. The van der Waals surface area contributed by atoms with Gasteiger partial charge in [0.15, 0.2) is 18.1 Å². The number of hydrogen-bond donors (Lipinski definition) is 3. The first-order valence-electron chi connectivity index (χ1n) is 8.36. The average Bonchev–Trinajstić information content (AvgIpc) is 3.12. The number of nitrogens with one attached hydrogen (secondary N) is 2. The van der Waals surface area contributed by atoms with Crippen molar-refractivity contribution in [1.29, 1.82) is 0 Å². The van der Waals surface area contributed by atoms with Crippen LogP contribution in [0, 0.1) is 0 Å². The number of benzene rings is 2. The van der Waals surface area contributed by atoms with Crippen LogP contribution in [-0.2, 0) is 24.4 Å². The zero-order valence-corrected chi connectivity index (χ0v) is 15.6. The summed E-state index contributed by atoms with van der Waals surface area (Å²) in [5.74, 6) is -0.520. The molecule has 7 nitrogen and oxygen atoms in total. The zero-order valence-electron chi connectivity index (χ0n) is 14.8. The second kappa shape index (κ2) is 8.28. The van der Waals surface area contributed by atoms with Crippen LogP contribution in [-0.4, -0.2) is 25.5 Å². The number of halogens is 1. The maximum absolute atomic E-state index is 12.5. The molecular formula is C19H20ClN3O4. The van der Waals surface area contributed by atoms with Gasteiger partial charge >= 0.3 is 0 Å². The number of nitrogens with two attached hydrogens (primary N) is 1. The van der Waals surface area contributed by atoms with Gasteiger partial charge in [-0.2, -0.15) is 0 Å². The smallest absolute Gasteiger partial charge is 0.255 e. The van der Waals surface area contributed by atoms with Crippen molar-refractivity contribution in [2.45, 2.75) is 19.6 Å². The Morgan fingerprint density at radius 1 is 1.22 bits per heavy atom. The Hall–Kier alpha value is -2.77. The minimum atomic E-state index is -0.639. The molecule has 0 unspecified atom stereocenters. The Balaban J connectivity index is 1.70. The van der Waals surface area contributed by atoms with Gasteiger partial charge in [-0.3, -0.25) is 9.59 Å². The number of rotatable bonds is 7. The summed E-state index contributed by atoms with van der Waals surface area (Å²) in [6, 6.07) is 9.12. The number of methoxy groups -OCH3 is 1. The van der Waals surface area contributed by atoms with E-state index >= 15 is 0 Å². The molecule has 0 atom stereocenters. The predicted octanol–water partition coefficient (Wildman–Crippen LogP) is 1.75. The molecule has 0 bridgehead atoms. The van der Waals surface area contributed by atoms with Gasteiger partial charge in [-0.25, -0.2) is 0 Å². The molecule has 0 aliphatic carbocycles. The third kappa shape index (κ3) is 4.50. The van der Waals surface area contributed by atoms with E-state index in [-0.39, 0.29) is 29.0 Å². The Kier molecular flexibility index (Phi) is 5.83. The lowest BCUT2D eigenvalue weighted by Gasteiger charge is -2.13. The molecule has 2 aromatic rings. The van der Waals surface area contributed by atoms with Crippen molar-refractivity contribution in [2.24, 2.45) is 5.73 Å². The van der Waals surface area contributed by atoms with Gasteiger partial charge in [-0.1, -0.05) is 29.8 Å². The highest BCUT2D eigenvalue weighted by Crippen LogP contribution is 2.36. The van der Waals surface area contributed by atoms with Crippen LogP contribution in [0.5, 0.6) is 11.5 Å². The Morgan fingerprint density at radius 2 is 2.00 bits per heavy atom. The van der Waals surface area contributed by atoms with E-state index in [1.54, 1.807) is 0 Å². The van der Waals surface area contributed by atoms with Gasteiger partial charge in [0.2, 0.25) is 0 Å². The average molecular weight is 390 g/mol. The van der Waals surface area contributed by atoms with Gasteiger partial charge in [0.25, 0.3) is 11.8 Å². The van der Waals surface area contributed by atoms with Gasteiger partial charge in [-0.05, 0) is 28.8 Å². The SMILES string of the molecule is COc1cc(C(=O)NCc2ccc3c(c2)CNC3)cc(Cl)c1OCC(N)=O. The number of ether oxygens (including phenoxy) is 2. The van der Waals surface area contributed by atoms with Crippen LogP contribution in [0.1, 0.15) is 27.0 Å². The number of amides is 2. The fourth-order valence-electron chi connectivity index (χ4n) is 2.88. The first-order valence-corrected chi connectivity index (χ1v) is 8.74. The molecular weight excluding hydrogens is 370 g/mol. The molecule has 0 spiro atoms. The second-order valence-electron chi connectivity index (χ2n) is 6.13. The van der Waals surface area contributed by atoms with Crippen LogP contribution < -0.4 is 25.8 Å². The lowest BCUT2D eigenvalue weighted by molar-refractivity contribution is -0.119. The van der Waals surface area contributed by atoms with Crippen LogP contribution >= 0.6 is 11.6 Å². The quantitative estimate of drug-likeness (QED) is 0.669. The predicted molar refractivity (Wildman–Crippen MR) is 101 cm³/mol. The molecule has 2 amide bonds. The van der Waals surface area contributed by atoms with E-state index in [0.29, 0.717) is 12.1 Å². The van der Waals surface area contributed by atoms with Gasteiger partial charge in [0.05, 0.1) is 12.1 Å². The summed E-state index contributed by atoms with van der Waals surface area (Å²) >= 11 is 6.18. The number of carbonyl (C=O) groups is 2. The normalized spacial score (nSPS) is 12.4. The van der Waals surface area contributed by atoms with Crippen LogP contribution in [0.2, 0.25) is 5.02 Å². The van der Waals surface area contributed by atoms with E-state index in [1.807, 2.05) is 6.07 Å². The monoisotopic (exact) mass is 389 g/mol. The Labute approximate surface area is 161 Å². The Morgan fingerprint density at radius 3 is 2.74 bits per heavy atom. The number of fused-ring (bicyclic) bond motifs is 1. The molecule has 8 heteroatoms. The number of primary amides is 1. The standard InChI is InChI=1S/C19H20ClN3O4/c1-26-16-6-13(5-15(20)18(16)27-10-17(21)24)19(25)23-7-11-2-3-12-8-22-9-14(12)4-11/h2-6,22H,7-10H2,1H3,(H2,21,24)(H,23,25). The van der Waals surface area contributed by atoms with E-state index in [1.165, 1.54) is 30.4 Å². The van der Waals surface area contributed by atoms with E-state index < -0.39 is 5.91 Å². The number of hydrogen-bond acceptors (Lipinski definition) is 5. The van der Waals surface area contributed by atoms with Crippen molar-refractivity contribution in [3.63, 3.8) is 0 Å². The van der Waals surface area contributed by atoms with Gasteiger partial charge in [0.1, 0.15) is 0 Å². The van der Waals surface area contributed by atoms with E-state index in [4.69, 9.17) is 26.8 Å². The summed E-state index contributed by atoms with van der Waals surface area (Å²) in [6.07, 6.45) is 0. The van der Waals surface area contributed by atoms with Crippen LogP contribution in [0.15, 0.2) is 30.3 Å². The molecule has 0 fully saturated rings. The van der Waals surface area contributed by atoms with Gasteiger partial charge in [-0.15, -0.1) is 0 Å². The van der Waals surface area contributed by atoms with Crippen LogP contribution in [0.4, 0.5) is 0 Å². The summed E-state index contributed by atoms with van der Waals surface area (Å²) in [5, 5.41) is 6.31. The highest BCUT2D eigenvalue weighted by atomic mass is 35.5. The molecule has 3 rings (SSSR count). The van der Waals surface area contributed by atoms with E-state index in [2.05, 4.69) is 22.8 Å². The molecule has 0 saturated heterocycles. The molecule has 0 aromatic heterocycles. The van der Waals surface area contributed by atoms with Crippen molar-refractivity contribution in [1.82, 2.24) is 10.6 Å². The number of carbonyl (C=O) groups excluding carboxylic acids is 2. The summed E-state index contributed by atoms with van der Waals surface area (Å²) < 4.78 is 10.5. The summed E-state index contributed by atoms with van der Waals surface area (Å²) in [4.78, 5) is 23.4. The molecule has 1 aliphatic rings. The van der Waals surface area contributed by atoms with Crippen molar-refractivity contribution in [3.05, 3.63) is 57.6 Å². The third-order valence-corrected chi connectivity index (χ3v) is 4.49. The molecule has 4 N–H and O–H groups in total. The molecule has 0 radical (unpaired) electrons. The first kappa shape index (κ1) is 19.0. The van der Waals surface area contributed by atoms with Gasteiger partial charge < -0.3 is 25.8 Å². The van der Waals surface area contributed by atoms with Crippen molar-refractivity contribution >= 4 is 23.4 Å². The highest BCUT2D eigenvalue weighted by molar-refractivity contribution is 6.32. The molecule has 1 aliphatic heterocycles. The third-order valence-electron chi connectivity index (χ3n) is 4.21.